The van der Waals surface area contributed by atoms with Gasteiger partial charge in [0.1, 0.15) is 5.52 Å². The van der Waals surface area contributed by atoms with Gasteiger partial charge in [-0.15, -0.1) is 0 Å². The van der Waals surface area contributed by atoms with E-state index in [2.05, 4.69) is 49.9 Å². The van der Waals surface area contributed by atoms with E-state index in [1.807, 2.05) is 24.8 Å². The molecule has 0 fully saturated rings. The molecule has 21 heavy (non-hydrogen) atoms. The minimum atomic E-state index is 0.901. The maximum Gasteiger partial charge on any atom is 0.269 e. The number of nitrogens with zero attached hydrogens (tertiary/aromatic N) is 5. The van der Waals surface area contributed by atoms with Crippen molar-refractivity contribution in [3.63, 3.8) is 0 Å². The van der Waals surface area contributed by atoms with Crippen LogP contribution in [-0.2, 0) is 20.6 Å². The Morgan fingerprint density at radius 3 is 2.86 bits per heavy atom. The molecule has 0 spiro atoms. The molecule has 0 aliphatic carbocycles. The molecule has 0 bridgehead atoms. The summed E-state index contributed by atoms with van der Waals surface area (Å²) >= 11 is 0. The molecular weight excluding hydrogens is 262 g/mol. The molecular formula is C16H14N5+. The third-order valence-corrected chi connectivity index (χ3v) is 4.59. The van der Waals surface area contributed by atoms with Gasteiger partial charge in [0, 0.05) is 30.4 Å². The summed E-state index contributed by atoms with van der Waals surface area (Å²) in [5.41, 5.74) is 6.26. The first kappa shape index (κ1) is 11.0. The molecule has 0 radical (unpaired) electrons. The minimum absolute atomic E-state index is 0.901. The monoisotopic (exact) mass is 276 g/mol. The molecule has 5 heterocycles. The van der Waals surface area contributed by atoms with E-state index in [1.165, 1.54) is 39.0 Å². The molecule has 1 aliphatic rings. The van der Waals surface area contributed by atoms with Gasteiger partial charge in [-0.1, -0.05) is 0 Å². The average Bonchev–Trinajstić information content (AvgIpc) is 3.11. The zero-order valence-electron chi connectivity index (χ0n) is 11.9. The van der Waals surface area contributed by atoms with E-state index < -0.39 is 0 Å². The largest absolute Gasteiger partial charge is 0.269 e. The molecule has 0 N–H and O–H groups in total. The van der Waals surface area contributed by atoms with Gasteiger partial charge in [0.15, 0.2) is 5.52 Å². The molecule has 0 saturated carbocycles. The Morgan fingerprint density at radius 1 is 1.14 bits per heavy atom. The standard InChI is InChI=1S/C16H14N5/c1-19-13-4-6-18-8-12(13)14-16(19)20(2)15-11-7-17-5-3-10(11)9-21(14)15/h3-8H,9H2,1-2H3/q+1. The second kappa shape index (κ2) is 3.49. The van der Waals surface area contributed by atoms with Gasteiger partial charge >= 0.3 is 0 Å². The van der Waals surface area contributed by atoms with Crippen LogP contribution in [0.4, 0.5) is 0 Å². The molecule has 102 valence electrons. The summed E-state index contributed by atoms with van der Waals surface area (Å²) in [7, 11) is 4.24. The third kappa shape index (κ3) is 1.15. The number of pyridine rings is 2. The molecule has 0 aromatic carbocycles. The fourth-order valence-electron chi connectivity index (χ4n) is 3.71. The first-order chi connectivity index (χ1) is 10.3. The van der Waals surface area contributed by atoms with Crippen LogP contribution in [0.3, 0.4) is 0 Å². The highest BCUT2D eigenvalue weighted by Crippen LogP contribution is 2.36. The number of aromatic nitrogens is 5. The highest BCUT2D eigenvalue weighted by Gasteiger charge is 2.34. The third-order valence-electron chi connectivity index (χ3n) is 4.59. The lowest BCUT2D eigenvalue weighted by Crippen LogP contribution is -2.31. The van der Waals surface area contributed by atoms with Gasteiger partial charge in [0.2, 0.25) is 5.82 Å². The number of fused-ring (bicyclic) bond motifs is 7. The van der Waals surface area contributed by atoms with Gasteiger partial charge in [0.25, 0.3) is 5.65 Å². The molecule has 0 amide bonds. The van der Waals surface area contributed by atoms with E-state index in [4.69, 9.17) is 0 Å². The van der Waals surface area contributed by atoms with Gasteiger partial charge in [-0.25, -0.2) is 9.13 Å². The lowest BCUT2D eigenvalue weighted by Gasteiger charge is -1.98. The van der Waals surface area contributed by atoms with Crippen molar-refractivity contribution in [3.05, 3.63) is 42.5 Å². The van der Waals surface area contributed by atoms with E-state index in [0.717, 1.165) is 6.54 Å². The molecule has 1 aliphatic heterocycles. The van der Waals surface area contributed by atoms with Crippen LogP contribution >= 0.6 is 0 Å². The van der Waals surface area contributed by atoms with Crippen molar-refractivity contribution in [2.24, 2.45) is 14.1 Å². The van der Waals surface area contributed by atoms with Crippen molar-refractivity contribution in [2.45, 2.75) is 6.54 Å². The van der Waals surface area contributed by atoms with Gasteiger partial charge in [-0.05, 0) is 12.1 Å². The van der Waals surface area contributed by atoms with Crippen molar-refractivity contribution in [1.82, 2.24) is 19.1 Å². The summed E-state index contributed by atoms with van der Waals surface area (Å²) in [6.45, 7) is 0.901. The molecule has 5 nitrogen and oxygen atoms in total. The van der Waals surface area contributed by atoms with Crippen LogP contribution in [0.25, 0.3) is 33.5 Å². The quantitative estimate of drug-likeness (QED) is 0.404. The number of hydrogen-bond acceptors (Lipinski definition) is 2. The highest BCUT2D eigenvalue weighted by atomic mass is 15.2. The Hall–Kier alpha value is -2.69. The Kier molecular flexibility index (Phi) is 1.83. The molecule has 0 saturated heterocycles. The summed E-state index contributed by atoms with van der Waals surface area (Å²) in [4.78, 5) is 8.60. The normalized spacial score (nSPS) is 13.0. The molecule has 4 aromatic rings. The van der Waals surface area contributed by atoms with Gasteiger partial charge in [0.05, 0.1) is 31.6 Å². The van der Waals surface area contributed by atoms with Crippen LogP contribution in [0.2, 0.25) is 0 Å². The second-order valence-corrected chi connectivity index (χ2v) is 5.63. The van der Waals surface area contributed by atoms with E-state index >= 15 is 0 Å². The molecule has 5 rings (SSSR count). The topological polar surface area (TPSA) is 39.5 Å². The number of rotatable bonds is 0. The van der Waals surface area contributed by atoms with Gasteiger partial charge in [-0.2, -0.15) is 0 Å². The predicted molar refractivity (Wildman–Crippen MR) is 79.7 cm³/mol. The summed E-state index contributed by atoms with van der Waals surface area (Å²) in [5.74, 6) is 1.23. The Labute approximate surface area is 121 Å². The van der Waals surface area contributed by atoms with E-state index in [0.29, 0.717) is 0 Å². The lowest BCUT2D eigenvalue weighted by molar-refractivity contribution is -0.636. The van der Waals surface area contributed by atoms with Crippen LogP contribution < -0.4 is 4.57 Å². The summed E-state index contributed by atoms with van der Waals surface area (Å²) < 4.78 is 6.89. The van der Waals surface area contributed by atoms with E-state index in [9.17, 15) is 0 Å². The average molecular weight is 276 g/mol. The Balaban J connectivity index is 2.03. The maximum atomic E-state index is 4.31. The summed E-state index contributed by atoms with van der Waals surface area (Å²) in [5, 5.41) is 1.21. The lowest BCUT2D eigenvalue weighted by atomic mass is 10.2. The van der Waals surface area contributed by atoms with E-state index in [1.54, 1.807) is 0 Å². The molecule has 5 heteroatoms. The second-order valence-electron chi connectivity index (χ2n) is 5.63. The van der Waals surface area contributed by atoms with Crippen molar-refractivity contribution in [3.8, 4) is 11.4 Å². The fraction of sp³-hybridized carbons (Fsp3) is 0.188. The molecule has 0 atom stereocenters. The fourth-order valence-corrected chi connectivity index (χ4v) is 3.71. The summed E-state index contributed by atoms with van der Waals surface area (Å²) in [6.07, 6.45) is 7.65. The van der Waals surface area contributed by atoms with Gasteiger partial charge in [-0.3, -0.25) is 14.5 Å². The van der Waals surface area contributed by atoms with Crippen molar-refractivity contribution >= 4 is 22.1 Å². The van der Waals surface area contributed by atoms with Crippen LogP contribution in [0.5, 0.6) is 0 Å². The molecule has 4 aromatic heterocycles. The maximum absolute atomic E-state index is 4.31. The zero-order valence-corrected chi connectivity index (χ0v) is 11.9. The highest BCUT2D eigenvalue weighted by molar-refractivity contribution is 6.04. The smallest absolute Gasteiger partial charge is 0.264 e. The van der Waals surface area contributed by atoms with Crippen molar-refractivity contribution in [1.29, 1.82) is 0 Å². The van der Waals surface area contributed by atoms with Gasteiger partial charge < -0.3 is 0 Å². The van der Waals surface area contributed by atoms with E-state index in [-0.39, 0.29) is 0 Å². The zero-order chi connectivity index (χ0) is 14.1. The summed E-state index contributed by atoms with van der Waals surface area (Å²) in [6, 6.07) is 4.18. The van der Waals surface area contributed by atoms with Crippen LogP contribution in [-0.4, -0.2) is 19.1 Å². The van der Waals surface area contributed by atoms with Crippen LogP contribution in [0, 0.1) is 0 Å². The Bertz CT molecular complexity index is 1040. The van der Waals surface area contributed by atoms with Crippen molar-refractivity contribution < 1.29 is 4.57 Å². The first-order valence-electron chi connectivity index (χ1n) is 7.01. The number of aryl methyl sites for hydroxylation is 2. The molecule has 0 unspecified atom stereocenters. The van der Waals surface area contributed by atoms with Crippen molar-refractivity contribution in [2.75, 3.05) is 0 Å². The first-order valence-corrected chi connectivity index (χ1v) is 7.01. The minimum Gasteiger partial charge on any atom is -0.264 e. The number of imidazole rings is 1. The Morgan fingerprint density at radius 2 is 1.95 bits per heavy atom. The SMILES string of the molecule is Cn1c2ccncc2c2c1[n+](C)c1n2Cc2ccncc2-1. The van der Waals surface area contributed by atoms with Crippen LogP contribution in [0.15, 0.2) is 36.9 Å². The predicted octanol–water partition coefficient (Wildman–Crippen LogP) is 1.78. The number of hydrogen-bond donors (Lipinski definition) is 0. The van der Waals surface area contributed by atoms with Crippen LogP contribution in [0.1, 0.15) is 5.56 Å².